The highest BCUT2D eigenvalue weighted by Gasteiger charge is 2.08. The molecule has 6 heteroatoms. The summed E-state index contributed by atoms with van der Waals surface area (Å²) in [7, 11) is 0. The van der Waals surface area contributed by atoms with Gasteiger partial charge in [0, 0.05) is 18.8 Å². The Morgan fingerprint density at radius 1 is 1.17 bits per heavy atom. The van der Waals surface area contributed by atoms with Crippen LogP contribution in [0.15, 0.2) is 53.5 Å². The number of pyridine rings is 1. The highest BCUT2D eigenvalue weighted by atomic mass is 16.3. The van der Waals surface area contributed by atoms with Gasteiger partial charge in [0.25, 0.3) is 5.56 Å². The molecule has 3 N–H and O–H groups in total. The fraction of sp³-hybridized carbons (Fsp3) is 0.333. The summed E-state index contributed by atoms with van der Waals surface area (Å²) in [5.41, 5.74) is 1.95. The molecule has 0 spiro atoms. The lowest BCUT2D eigenvalue weighted by atomic mass is 10.1. The SMILES string of the molecule is CCC(CO)NC(=O)NCc1ccc(Cn2ccccc2=O)cc1. The molecule has 6 nitrogen and oxygen atoms in total. The van der Waals surface area contributed by atoms with Gasteiger partial charge in [0.05, 0.1) is 19.2 Å². The van der Waals surface area contributed by atoms with Gasteiger partial charge in [-0.3, -0.25) is 4.79 Å². The van der Waals surface area contributed by atoms with Crippen LogP contribution in [-0.4, -0.2) is 28.4 Å². The van der Waals surface area contributed by atoms with Crippen LogP contribution in [0.4, 0.5) is 4.79 Å². The number of nitrogens with one attached hydrogen (secondary N) is 2. The number of carbonyl (C=O) groups is 1. The van der Waals surface area contributed by atoms with Crippen LogP contribution >= 0.6 is 0 Å². The average Bonchev–Trinajstić information content (AvgIpc) is 2.61. The fourth-order valence-corrected chi connectivity index (χ4v) is 2.25. The minimum atomic E-state index is -0.296. The Morgan fingerprint density at radius 2 is 1.88 bits per heavy atom. The van der Waals surface area contributed by atoms with E-state index in [-0.39, 0.29) is 24.2 Å². The molecular weight excluding hydrogens is 306 g/mol. The second-order valence-electron chi connectivity index (χ2n) is 5.60. The standard InChI is InChI=1S/C18H23N3O3/c1-2-16(13-22)20-18(24)19-11-14-6-8-15(9-7-14)12-21-10-4-3-5-17(21)23/h3-10,16,22H,2,11-13H2,1H3,(H2,19,20,24). The van der Waals surface area contributed by atoms with Gasteiger partial charge in [0.2, 0.25) is 0 Å². The van der Waals surface area contributed by atoms with E-state index in [9.17, 15) is 9.59 Å². The summed E-state index contributed by atoms with van der Waals surface area (Å²) in [4.78, 5) is 23.4. The van der Waals surface area contributed by atoms with E-state index in [1.807, 2.05) is 37.3 Å². The number of aliphatic hydroxyl groups excluding tert-OH is 1. The van der Waals surface area contributed by atoms with Crippen LogP contribution in [0.2, 0.25) is 0 Å². The highest BCUT2D eigenvalue weighted by Crippen LogP contribution is 2.05. The number of hydrogen-bond acceptors (Lipinski definition) is 3. The summed E-state index contributed by atoms with van der Waals surface area (Å²) in [5.74, 6) is 0. The number of hydrogen-bond donors (Lipinski definition) is 3. The molecule has 0 fully saturated rings. The zero-order chi connectivity index (χ0) is 17.4. The molecule has 1 heterocycles. The minimum Gasteiger partial charge on any atom is -0.394 e. The Morgan fingerprint density at radius 3 is 2.50 bits per heavy atom. The second-order valence-corrected chi connectivity index (χ2v) is 5.60. The van der Waals surface area contributed by atoms with E-state index in [4.69, 9.17) is 5.11 Å². The molecule has 0 radical (unpaired) electrons. The molecule has 0 aliphatic heterocycles. The van der Waals surface area contributed by atoms with Gasteiger partial charge in [-0.05, 0) is 23.6 Å². The summed E-state index contributed by atoms with van der Waals surface area (Å²) in [5, 5.41) is 14.5. The number of amides is 2. The molecule has 1 unspecified atom stereocenters. The van der Waals surface area contributed by atoms with Gasteiger partial charge < -0.3 is 20.3 Å². The molecule has 1 aromatic carbocycles. The number of urea groups is 1. The third kappa shape index (κ3) is 5.24. The summed E-state index contributed by atoms with van der Waals surface area (Å²) in [6.07, 6.45) is 2.44. The largest absolute Gasteiger partial charge is 0.394 e. The molecule has 0 aliphatic rings. The van der Waals surface area contributed by atoms with Crippen LogP contribution in [0.25, 0.3) is 0 Å². The first-order chi connectivity index (χ1) is 11.6. The lowest BCUT2D eigenvalue weighted by molar-refractivity contribution is 0.214. The van der Waals surface area contributed by atoms with Crippen molar-refractivity contribution in [3.63, 3.8) is 0 Å². The maximum atomic E-state index is 11.7. The van der Waals surface area contributed by atoms with Gasteiger partial charge >= 0.3 is 6.03 Å². The Balaban J connectivity index is 1.87. The molecule has 1 atom stereocenters. The summed E-state index contributed by atoms with van der Waals surface area (Å²) in [6.45, 7) is 2.75. The van der Waals surface area contributed by atoms with E-state index in [1.54, 1.807) is 16.8 Å². The quantitative estimate of drug-likeness (QED) is 0.719. The third-order valence-electron chi connectivity index (χ3n) is 3.78. The van der Waals surface area contributed by atoms with E-state index in [1.165, 1.54) is 6.07 Å². The van der Waals surface area contributed by atoms with Gasteiger partial charge in [0.15, 0.2) is 0 Å². The molecule has 128 valence electrons. The topological polar surface area (TPSA) is 83.4 Å². The van der Waals surface area contributed by atoms with Gasteiger partial charge in [-0.25, -0.2) is 4.79 Å². The zero-order valence-electron chi connectivity index (χ0n) is 13.7. The monoisotopic (exact) mass is 329 g/mol. The van der Waals surface area contributed by atoms with Crippen LogP contribution in [-0.2, 0) is 13.1 Å². The average molecular weight is 329 g/mol. The molecule has 24 heavy (non-hydrogen) atoms. The number of aromatic nitrogens is 1. The van der Waals surface area contributed by atoms with E-state index in [0.717, 1.165) is 11.1 Å². The van der Waals surface area contributed by atoms with Gasteiger partial charge in [0.1, 0.15) is 0 Å². The second kappa shape index (κ2) is 8.88. The predicted molar refractivity (Wildman–Crippen MR) is 92.8 cm³/mol. The molecule has 0 saturated carbocycles. The first-order valence-corrected chi connectivity index (χ1v) is 8.01. The van der Waals surface area contributed by atoms with E-state index in [0.29, 0.717) is 19.5 Å². The molecule has 0 bridgehead atoms. The van der Waals surface area contributed by atoms with Crippen molar-refractivity contribution < 1.29 is 9.90 Å². The minimum absolute atomic E-state index is 0.0331. The summed E-state index contributed by atoms with van der Waals surface area (Å²) >= 11 is 0. The van der Waals surface area contributed by atoms with Crippen molar-refractivity contribution in [2.24, 2.45) is 0 Å². The summed E-state index contributed by atoms with van der Waals surface area (Å²) in [6, 6.07) is 12.3. The normalized spacial score (nSPS) is 11.8. The molecule has 0 saturated heterocycles. The zero-order valence-corrected chi connectivity index (χ0v) is 13.7. The van der Waals surface area contributed by atoms with Gasteiger partial charge in [-0.2, -0.15) is 0 Å². The number of nitrogens with zero attached hydrogens (tertiary/aromatic N) is 1. The first kappa shape index (κ1) is 17.7. The Hall–Kier alpha value is -2.60. The number of rotatable bonds is 7. The van der Waals surface area contributed by atoms with Crippen molar-refractivity contribution in [3.8, 4) is 0 Å². The van der Waals surface area contributed by atoms with E-state index < -0.39 is 0 Å². The molecule has 2 rings (SSSR count). The third-order valence-corrected chi connectivity index (χ3v) is 3.78. The summed E-state index contributed by atoms with van der Waals surface area (Å²) < 4.78 is 1.64. The predicted octanol–water partition coefficient (Wildman–Crippen LogP) is 1.47. The molecule has 0 aliphatic carbocycles. The number of benzene rings is 1. The molecular formula is C18H23N3O3. The lowest BCUT2D eigenvalue weighted by Gasteiger charge is -2.14. The van der Waals surface area contributed by atoms with E-state index >= 15 is 0 Å². The van der Waals surface area contributed by atoms with Crippen LogP contribution < -0.4 is 16.2 Å². The first-order valence-electron chi connectivity index (χ1n) is 8.01. The highest BCUT2D eigenvalue weighted by molar-refractivity contribution is 5.74. The number of aliphatic hydroxyl groups is 1. The Kier molecular flexibility index (Phi) is 6.57. The van der Waals surface area contributed by atoms with Crippen molar-refractivity contribution in [2.75, 3.05) is 6.61 Å². The number of carbonyl (C=O) groups excluding carboxylic acids is 1. The van der Waals surface area contributed by atoms with Crippen molar-refractivity contribution in [1.29, 1.82) is 0 Å². The Bertz CT molecular complexity index is 706. The van der Waals surface area contributed by atoms with Crippen LogP contribution in [0.5, 0.6) is 0 Å². The van der Waals surface area contributed by atoms with E-state index in [2.05, 4.69) is 10.6 Å². The van der Waals surface area contributed by atoms with Crippen molar-refractivity contribution in [1.82, 2.24) is 15.2 Å². The fourth-order valence-electron chi connectivity index (χ4n) is 2.25. The maximum absolute atomic E-state index is 11.7. The Labute approximate surface area is 141 Å². The molecule has 2 aromatic rings. The smallest absolute Gasteiger partial charge is 0.315 e. The van der Waals surface area contributed by atoms with Crippen molar-refractivity contribution in [3.05, 3.63) is 70.1 Å². The van der Waals surface area contributed by atoms with Crippen LogP contribution in [0.1, 0.15) is 24.5 Å². The maximum Gasteiger partial charge on any atom is 0.315 e. The van der Waals surface area contributed by atoms with Crippen LogP contribution in [0, 0.1) is 0 Å². The van der Waals surface area contributed by atoms with Crippen molar-refractivity contribution in [2.45, 2.75) is 32.5 Å². The lowest BCUT2D eigenvalue weighted by Crippen LogP contribution is -2.43. The molecule has 2 amide bonds. The van der Waals surface area contributed by atoms with Gasteiger partial charge in [-0.1, -0.05) is 37.3 Å². The molecule has 1 aromatic heterocycles. The van der Waals surface area contributed by atoms with Gasteiger partial charge in [-0.15, -0.1) is 0 Å². The van der Waals surface area contributed by atoms with Crippen LogP contribution in [0.3, 0.4) is 0 Å². The van der Waals surface area contributed by atoms with Crippen molar-refractivity contribution >= 4 is 6.03 Å².